The van der Waals surface area contributed by atoms with Gasteiger partial charge in [-0.2, -0.15) is 0 Å². The number of aliphatic hydroxyl groups is 1. The van der Waals surface area contributed by atoms with Gasteiger partial charge >= 0.3 is 0 Å². The van der Waals surface area contributed by atoms with Gasteiger partial charge < -0.3 is 20.9 Å². The van der Waals surface area contributed by atoms with Gasteiger partial charge in [0.25, 0.3) is 5.56 Å². The molecule has 0 amide bonds. The van der Waals surface area contributed by atoms with E-state index in [1.165, 1.54) is 18.2 Å². The number of ether oxygens (including phenoxy) is 1. The second-order valence-corrected chi connectivity index (χ2v) is 7.45. The Morgan fingerprint density at radius 2 is 2.07 bits per heavy atom. The Labute approximate surface area is 178 Å². The lowest BCUT2D eigenvalue weighted by Crippen LogP contribution is -2.24. The molecule has 0 saturated carbocycles. The van der Waals surface area contributed by atoms with E-state index in [1.807, 2.05) is 0 Å². The van der Waals surface area contributed by atoms with Crippen LogP contribution in [0.15, 0.2) is 46.2 Å². The molecule has 0 aliphatic rings. The second kappa shape index (κ2) is 9.24. The third kappa shape index (κ3) is 4.96. The minimum Gasteiger partial charge on any atom is -0.453 e. The van der Waals surface area contributed by atoms with Gasteiger partial charge in [-0.25, -0.2) is 8.78 Å². The number of nitrogens with two attached hydrogens (primary N) is 1. The number of aromatic amines is 1. The van der Waals surface area contributed by atoms with E-state index in [2.05, 4.69) is 14.7 Å². The van der Waals surface area contributed by atoms with Gasteiger partial charge in [-0.05, 0) is 48.8 Å². The number of rotatable bonds is 7. The average molecular weight is 455 g/mol. The lowest BCUT2D eigenvalue weighted by atomic mass is 10.2. The molecule has 1 aromatic heterocycles. The lowest BCUT2D eigenvalue weighted by Gasteiger charge is -2.11. The summed E-state index contributed by atoms with van der Waals surface area (Å²) in [5.74, 6) is -1.31. The highest BCUT2D eigenvalue weighted by Crippen LogP contribution is 2.33. The first kappa shape index (κ1) is 21.8. The van der Waals surface area contributed by atoms with Crippen LogP contribution in [0, 0.1) is 11.6 Å². The molecular formula is C19H17ClF2N4O3S. The van der Waals surface area contributed by atoms with Gasteiger partial charge in [0, 0.05) is 11.8 Å². The second-order valence-electron chi connectivity index (χ2n) is 6.23. The fourth-order valence-electron chi connectivity index (χ4n) is 2.43. The molecule has 0 saturated heterocycles. The third-order valence-electron chi connectivity index (χ3n) is 3.88. The number of nitrogens with one attached hydrogen (secondary N) is 2. The van der Waals surface area contributed by atoms with Crippen LogP contribution >= 0.6 is 23.1 Å². The summed E-state index contributed by atoms with van der Waals surface area (Å²) < 4.78 is 35.6. The Balaban J connectivity index is 1.83. The van der Waals surface area contributed by atoms with Crippen molar-refractivity contribution in [3.05, 3.63) is 69.0 Å². The predicted molar refractivity (Wildman–Crippen MR) is 113 cm³/mol. The van der Waals surface area contributed by atoms with Crippen LogP contribution in [0.4, 0.5) is 19.5 Å². The monoisotopic (exact) mass is 454 g/mol. The van der Waals surface area contributed by atoms with Crippen molar-refractivity contribution in [2.24, 2.45) is 10.7 Å². The van der Waals surface area contributed by atoms with Crippen molar-refractivity contribution in [2.75, 3.05) is 11.9 Å². The Kier molecular flexibility index (Phi) is 6.70. The number of nitrogens with zero attached hydrogens (tertiary/aromatic N) is 1. The van der Waals surface area contributed by atoms with Crippen LogP contribution in [-0.4, -0.2) is 28.0 Å². The zero-order valence-corrected chi connectivity index (χ0v) is 17.2. The third-order valence-corrected chi connectivity index (χ3v) is 4.98. The fourth-order valence-corrected chi connectivity index (χ4v) is 3.41. The topological polar surface area (TPSA) is 113 Å². The molecule has 5 N–H and O–H groups in total. The highest BCUT2D eigenvalue weighted by Gasteiger charge is 2.17. The number of hydrogen-bond acceptors (Lipinski definition) is 6. The summed E-state index contributed by atoms with van der Waals surface area (Å²) in [6, 6.07) is 7.06. The van der Waals surface area contributed by atoms with Crippen molar-refractivity contribution >= 4 is 39.7 Å². The fraction of sp³-hybridized carbons (Fsp3) is 0.158. The number of halogens is 3. The normalized spacial score (nSPS) is 12.6. The Bertz CT molecular complexity index is 1150. The molecule has 1 unspecified atom stereocenters. The number of H-pyrrole nitrogens is 1. The maximum Gasteiger partial charge on any atom is 0.271 e. The van der Waals surface area contributed by atoms with Crippen LogP contribution in [0.2, 0.25) is 5.02 Å². The standard InChI is InChI=1S/C19H17ClF2N4O3S/c1-9(8-27)24-17(23)16-18(28)26-30-19(16)25-11-3-5-15(13(22)7-11)29-14-4-2-10(21)6-12(14)20/h2-7,9,25,27H,8H2,1H3,(H2,23,24)(H,26,28). The summed E-state index contributed by atoms with van der Waals surface area (Å²) >= 11 is 6.87. The van der Waals surface area contributed by atoms with E-state index < -0.39 is 23.2 Å². The molecular weight excluding hydrogens is 438 g/mol. The van der Waals surface area contributed by atoms with Crippen LogP contribution in [0.25, 0.3) is 0 Å². The maximum absolute atomic E-state index is 14.5. The van der Waals surface area contributed by atoms with E-state index in [0.29, 0.717) is 10.7 Å². The summed E-state index contributed by atoms with van der Waals surface area (Å²) in [5, 5.41) is 12.4. The first-order valence-electron chi connectivity index (χ1n) is 8.64. The zero-order valence-electron chi connectivity index (χ0n) is 15.6. The molecule has 0 radical (unpaired) electrons. The molecule has 1 atom stereocenters. The SMILES string of the molecule is CC(CO)N=C(N)c1c(Nc2ccc(Oc3ccc(F)cc3Cl)c(F)c2)s[nH]c1=O. The van der Waals surface area contributed by atoms with Gasteiger partial charge in [0.05, 0.1) is 17.7 Å². The lowest BCUT2D eigenvalue weighted by molar-refractivity contribution is 0.274. The minimum atomic E-state index is -0.708. The van der Waals surface area contributed by atoms with Crippen molar-refractivity contribution in [3.63, 3.8) is 0 Å². The molecule has 30 heavy (non-hydrogen) atoms. The molecule has 0 aliphatic carbocycles. The molecule has 0 bridgehead atoms. The molecule has 2 aromatic carbocycles. The van der Waals surface area contributed by atoms with E-state index in [1.54, 1.807) is 6.92 Å². The summed E-state index contributed by atoms with van der Waals surface area (Å²) in [7, 11) is 0. The molecule has 1 heterocycles. The van der Waals surface area contributed by atoms with Crippen molar-refractivity contribution in [2.45, 2.75) is 13.0 Å². The van der Waals surface area contributed by atoms with Crippen LogP contribution in [-0.2, 0) is 0 Å². The molecule has 0 aliphatic heterocycles. The van der Waals surface area contributed by atoms with E-state index in [4.69, 9.17) is 27.2 Å². The molecule has 11 heteroatoms. The number of aliphatic hydroxyl groups excluding tert-OH is 1. The Morgan fingerprint density at radius 1 is 1.33 bits per heavy atom. The maximum atomic E-state index is 14.5. The van der Waals surface area contributed by atoms with Crippen LogP contribution in [0.3, 0.4) is 0 Å². The highest BCUT2D eigenvalue weighted by atomic mass is 35.5. The van der Waals surface area contributed by atoms with Gasteiger partial charge in [-0.15, -0.1) is 0 Å². The Hall–Kier alpha value is -2.95. The largest absolute Gasteiger partial charge is 0.453 e. The average Bonchev–Trinajstić information content (AvgIpc) is 3.05. The van der Waals surface area contributed by atoms with E-state index >= 15 is 0 Å². The summed E-state index contributed by atoms with van der Waals surface area (Å²) in [4.78, 5) is 16.1. The molecule has 0 spiro atoms. The number of hydrogen-bond donors (Lipinski definition) is 4. The smallest absolute Gasteiger partial charge is 0.271 e. The number of anilines is 2. The molecule has 158 valence electrons. The first-order valence-corrected chi connectivity index (χ1v) is 9.83. The number of aromatic nitrogens is 1. The van der Waals surface area contributed by atoms with Gasteiger partial charge in [0.15, 0.2) is 11.6 Å². The highest BCUT2D eigenvalue weighted by molar-refractivity contribution is 7.10. The summed E-state index contributed by atoms with van der Waals surface area (Å²) in [6.07, 6.45) is 0. The minimum absolute atomic E-state index is 0.00483. The van der Waals surface area contributed by atoms with E-state index in [0.717, 1.165) is 29.7 Å². The van der Waals surface area contributed by atoms with E-state index in [9.17, 15) is 13.6 Å². The first-order chi connectivity index (χ1) is 14.3. The van der Waals surface area contributed by atoms with Crippen molar-refractivity contribution in [3.8, 4) is 11.5 Å². The van der Waals surface area contributed by atoms with Crippen molar-refractivity contribution < 1.29 is 18.6 Å². The van der Waals surface area contributed by atoms with Crippen LogP contribution < -0.4 is 21.3 Å². The van der Waals surface area contributed by atoms with E-state index in [-0.39, 0.29) is 34.5 Å². The molecule has 0 fully saturated rings. The Morgan fingerprint density at radius 3 is 2.73 bits per heavy atom. The number of aliphatic imine (C=N–C) groups is 1. The van der Waals surface area contributed by atoms with Gasteiger partial charge in [0.2, 0.25) is 0 Å². The van der Waals surface area contributed by atoms with Crippen LogP contribution in [0.1, 0.15) is 12.5 Å². The number of amidine groups is 1. The van der Waals surface area contributed by atoms with Gasteiger partial charge in [-0.1, -0.05) is 11.6 Å². The predicted octanol–water partition coefficient (Wildman–Crippen LogP) is 3.99. The van der Waals surface area contributed by atoms with Gasteiger partial charge in [-0.3, -0.25) is 14.2 Å². The quantitative estimate of drug-likeness (QED) is 0.318. The zero-order chi connectivity index (χ0) is 21.8. The summed E-state index contributed by atoms with van der Waals surface area (Å²) in [5.41, 5.74) is 5.85. The summed E-state index contributed by atoms with van der Waals surface area (Å²) in [6.45, 7) is 1.41. The molecule has 3 aromatic rings. The van der Waals surface area contributed by atoms with Crippen molar-refractivity contribution in [1.82, 2.24) is 4.37 Å². The van der Waals surface area contributed by atoms with Crippen molar-refractivity contribution in [1.29, 1.82) is 0 Å². The van der Waals surface area contributed by atoms with Crippen LogP contribution in [0.5, 0.6) is 11.5 Å². The van der Waals surface area contributed by atoms with Gasteiger partial charge in [0.1, 0.15) is 28.0 Å². The molecule has 3 rings (SSSR count). The molecule has 7 nitrogen and oxygen atoms in total. The number of benzene rings is 2.